The van der Waals surface area contributed by atoms with Crippen LogP contribution in [0.1, 0.15) is 18.1 Å². The molecule has 0 spiro atoms. The molecule has 0 saturated heterocycles. The maximum Gasteiger partial charge on any atom is 0.306 e. The molecule has 0 aliphatic heterocycles. The van der Waals surface area contributed by atoms with Gasteiger partial charge in [-0.05, 0) is 30.5 Å². The number of aryl methyl sites for hydroxylation is 1. The van der Waals surface area contributed by atoms with Gasteiger partial charge in [0.05, 0.1) is 5.92 Å². The minimum Gasteiger partial charge on any atom is -0.505 e. The summed E-state index contributed by atoms with van der Waals surface area (Å²) >= 11 is 0. The number of phenols is 1. The monoisotopic (exact) mass is 212 g/mol. The van der Waals surface area contributed by atoms with Gasteiger partial charge in [-0.25, -0.2) is 4.39 Å². The van der Waals surface area contributed by atoms with Crippen molar-refractivity contribution in [1.29, 1.82) is 0 Å². The van der Waals surface area contributed by atoms with Crippen LogP contribution in [0.15, 0.2) is 12.1 Å². The molecule has 0 fully saturated rings. The van der Waals surface area contributed by atoms with Crippen molar-refractivity contribution in [2.45, 2.75) is 20.3 Å². The highest BCUT2D eigenvalue weighted by atomic mass is 19.1. The lowest BCUT2D eigenvalue weighted by atomic mass is 9.99. The van der Waals surface area contributed by atoms with E-state index in [-0.39, 0.29) is 6.42 Å². The quantitative estimate of drug-likeness (QED) is 0.806. The van der Waals surface area contributed by atoms with Crippen LogP contribution in [-0.2, 0) is 11.2 Å². The van der Waals surface area contributed by atoms with Gasteiger partial charge in [-0.1, -0.05) is 13.0 Å². The molecule has 0 aromatic heterocycles. The Morgan fingerprint density at radius 2 is 2.13 bits per heavy atom. The number of phenolic OH excluding ortho intramolecular Hbond substituents is 1. The van der Waals surface area contributed by atoms with E-state index in [4.69, 9.17) is 5.11 Å². The first-order chi connectivity index (χ1) is 6.91. The zero-order valence-corrected chi connectivity index (χ0v) is 8.62. The molecule has 0 amide bonds. The van der Waals surface area contributed by atoms with E-state index in [0.29, 0.717) is 11.1 Å². The van der Waals surface area contributed by atoms with Crippen LogP contribution >= 0.6 is 0 Å². The lowest BCUT2D eigenvalue weighted by Crippen LogP contribution is -2.12. The second-order valence-corrected chi connectivity index (χ2v) is 3.70. The Balaban J connectivity index is 2.99. The van der Waals surface area contributed by atoms with Crippen molar-refractivity contribution >= 4 is 5.97 Å². The highest BCUT2D eigenvalue weighted by Crippen LogP contribution is 2.25. The first-order valence-corrected chi connectivity index (χ1v) is 4.62. The van der Waals surface area contributed by atoms with Gasteiger partial charge in [0.15, 0.2) is 11.6 Å². The molecule has 0 aliphatic carbocycles. The maximum absolute atomic E-state index is 13.1. The Bertz CT molecular complexity index is 388. The van der Waals surface area contributed by atoms with E-state index in [2.05, 4.69) is 0 Å². The highest BCUT2D eigenvalue weighted by molar-refractivity contribution is 5.70. The van der Waals surface area contributed by atoms with Gasteiger partial charge in [0.2, 0.25) is 0 Å². The van der Waals surface area contributed by atoms with Gasteiger partial charge in [0, 0.05) is 0 Å². The number of benzene rings is 1. The summed E-state index contributed by atoms with van der Waals surface area (Å²) in [5.74, 6) is -2.76. The van der Waals surface area contributed by atoms with E-state index in [9.17, 15) is 14.3 Å². The number of aromatic hydroxyl groups is 1. The van der Waals surface area contributed by atoms with Gasteiger partial charge in [-0.2, -0.15) is 0 Å². The van der Waals surface area contributed by atoms with Crippen molar-refractivity contribution in [3.05, 3.63) is 29.1 Å². The topological polar surface area (TPSA) is 57.5 Å². The summed E-state index contributed by atoms with van der Waals surface area (Å²) < 4.78 is 13.1. The molecule has 0 heterocycles. The third-order valence-electron chi connectivity index (χ3n) is 2.23. The minimum absolute atomic E-state index is 0.125. The van der Waals surface area contributed by atoms with Crippen molar-refractivity contribution in [2.24, 2.45) is 5.92 Å². The number of rotatable bonds is 3. The van der Waals surface area contributed by atoms with Crippen LogP contribution in [0.3, 0.4) is 0 Å². The summed E-state index contributed by atoms with van der Waals surface area (Å²) in [7, 11) is 0. The smallest absolute Gasteiger partial charge is 0.306 e. The number of aliphatic carboxylic acids is 1. The zero-order valence-electron chi connectivity index (χ0n) is 8.62. The van der Waals surface area contributed by atoms with Crippen molar-refractivity contribution in [1.82, 2.24) is 0 Å². The molecule has 0 radical (unpaired) electrons. The van der Waals surface area contributed by atoms with Crippen LogP contribution in [0.25, 0.3) is 0 Å². The van der Waals surface area contributed by atoms with E-state index in [1.165, 1.54) is 13.0 Å². The molecule has 1 rings (SSSR count). The fourth-order valence-corrected chi connectivity index (χ4v) is 1.38. The minimum atomic E-state index is -0.962. The molecule has 0 bridgehead atoms. The number of hydrogen-bond acceptors (Lipinski definition) is 2. The lowest BCUT2D eigenvalue weighted by molar-refractivity contribution is -0.141. The molecule has 3 nitrogen and oxygen atoms in total. The third-order valence-corrected chi connectivity index (χ3v) is 2.23. The van der Waals surface area contributed by atoms with Gasteiger partial charge in [-0.15, -0.1) is 0 Å². The number of carbonyl (C=O) groups is 1. The number of carboxylic acids is 1. The van der Waals surface area contributed by atoms with Gasteiger partial charge in [0.25, 0.3) is 0 Å². The fraction of sp³-hybridized carbons (Fsp3) is 0.364. The number of carboxylic acid groups (broad SMARTS) is 1. The standard InChI is InChI=1S/C11H13FO3/c1-6-3-8(5-7(2)11(14)15)10(13)9(12)4-6/h3-4,7,13H,5H2,1-2H3,(H,14,15). The molecule has 0 aliphatic rings. The van der Waals surface area contributed by atoms with Crippen molar-refractivity contribution in [3.8, 4) is 5.75 Å². The molecule has 1 aromatic rings. The highest BCUT2D eigenvalue weighted by Gasteiger charge is 2.16. The van der Waals surface area contributed by atoms with Crippen molar-refractivity contribution < 1.29 is 19.4 Å². The van der Waals surface area contributed by atoms with Gasteiger partial charge in [0.1, 0.15) is 0 Å². The summed E-state index contributed by atoms with van der Waals surface area (Å²) in [5.41, 5.74) is 1.00. The summed E-state index contributed by atoms with van der Waals surface area (Å²) in [5, 5.41) is 18.1. The molecule has 1 atom stereocenters. The summed E-state index contributed by atoms with van der Waals surface area (Å²) in [4.78, 5) is 10.6. The van der Waals surface area contributed by atoms with E-state index in [0.717, 1.165) is 0 Å². The van der Waals surface area contributed by atoms with Crippen LogP contribution in [0, 0.1) is 18.7 Å². The van der Waals surface area contributed by atoms with E-state index in [1.54, 1.807) is 13.0 Å². The summed E-state index contributed by atoms with van der Waals surface area (Å²) in [6, 6.07) is 2.81. The van der Waals surface area contributed by atoms with Crippen molar-refractivity contribution in [2.75, 3.05) is 0 Å². The Morgan fingerprint density at radius 3 is 2.67 bits per heavy atom. The SMILES string of the molecule is Cc1cc(F)c(O)c(CC(C)C(=O)O)c1. The van der Waals surface area contributed by atoms with E-state index in [1.807, 2.05) is 0 Å². The Morgan fingerprint density at radius 1 is 1.53 bits per heavy atom. The molecule has 1 unspecified atom stereocenters. The fourth-order valence-electron chi connectivity index (χ4n) is 1.38. The molecule has 4 heteroatoms. The largest absolute Gasteiger partial charge is 0.505 e. The number of hydrogen-bond donors (Lipinski definition) is 2. The van der Waals surface area contributed by atoms with E-state index >= 15 is 0 Å². The normalized spacial score (nSPS) is 12.5. The van der Waals surface area contributed by atoms with Crippen LogP contribution < -0.4 is 0 Å². The number of halogens is 1. The second kappa shape index (κ2) is 4.29. The zero-order chi connectivity index (χ0) is 11.6. The molecule has 82 valence electrons. The Kier molecular flexibility index (Phi) is 3.29. The molecule has 2 N–H and O–H groups in total. The van der Waals surface area contributed by atoms with Crippen LogP contribution in [-0.4, -0.2) is 16.2 Å². The Labute approximate surface area is 87.2 Å². The second-order valence-electron chi connectivity index (χ2n) is 3.70. The van der Waals surface area contributed by atoms with Gasteiger partial charge >= 0.3 is 5.97 Å². The molecule has 15 heavy (non-hydrogen) atoms. The average Bonchev–Trinajstić information content (AvgIpc) is 2.13. The summed E-state index contributed by atoms with van der Waals surface area (Å²) in [6.45, 7) is 3.21. The lowest BCUT2D eigenvalue weighted by Gasteiger charge is -2.09. The first-order valence-electron chi connectivity index (χ1n) is 4.62. The predicted octanol–water partition coefficient (Wildman–Crippen LogP) is 2.10. The molecular formula is C11H13FO3. The Hall–Kier alpha value is -1.58. The van der Waals surface area contributed by atoms with Gasteiger partial charge in [-0.3, -0.25) is 4.79 Å². The first kappa shape index (κ1) is 11.5. The molecular weight excluding hydrogens is 199 g/mol. The van der Waals surface area contributed by atoms with Crippen LogP contribution in [0.4, 0.5) is 4.39 Å². The average molecular weight is 212 g/mol. The predicted molar refractivity (Wildman–Crippen MR) is 53.3 cm³/mol. The van der Waals surface area contributed by atoms with Gasteiger partial charge < -0.3 is 10.2 Å². The van der Waals surface area contributed by atoms with E-state index < -0.39 is 23.5 Å². The van der Waals surface area contributed by atoms with Crippen LogP contribution in [0.2, 0.25) is 0 Å². The van der Waals surface area contributed by atoms with Crippen LogP contribution in [0.5, 0.6) is 5.75 Å². The third kappa shape index (κ3) is 2.68. The molecule has 0 saturated carbocycles. The van der Waals surface area contributed by atoms with Crippen molar-refractivity contribution in [3.63, 3.8) is 0 Å². The summed E-state index contributed by atoms with van der Waals surface area (Å²) in [6.07, 6.45) is 0.125. The molecule has 1 aromatic carbocycles. The maximum atomic E-state index is 13.1.